The smallest absolute Gasteiger partial charge is 0.258 e. The number of phenols is 1. The minimum absolute atomic E-state index is 0.0120. The van der Waals surface area contributed by atoms with E-state index in [-0.39, 0.29) is 24.0 Å². The third-order valence-electron chi connectivity index (χ3n) is 2.63. The summed E-state index contributed by atoms with van der Waals surface area (Å²) in [6.07, 6.45) is 0. The van der Waals surface area contributed by atoms with E-state index in [1.54, 1.807) is 30.3 Å². The van der Waals surface area contributed by atoms with Crippen LogP contribution in [0.25, 0.3) is 0 Å². The van der Waals surface area contributed by atoms with E-state index in [1.165, 1.54) is 6.07 Å². The number of nitrogens with one attached hydrogen (secondary N) is 1. The van der Waals surface area contributed by atoms with Crippen LogP contribution in [0.5, 0.6) is 11.5 Å². The minimum atomic E-state index is -0.261. The average Bonchev–Trinajstić information content (AvgIpc) is 2.46. The van der Waals surface area contributed by atoms with Crippen LogP contribution in [-0.2, 0) is 11.3 Å². The predicted octanol–water partition coefficient (Wildman–Crippen LogP) is 2.74. The fraction of sp³-hybridized carbons (Fsp3) is 0.133. The molecule has 0 bridgehead atoms. The summed E-state index contributed by atoms with van der Waals surface area (Å²) < 4.78 is 5.22. The predicted molar refractivity (Wildman–Crippen MR) is 76.9 cm³/mol. The number of halogens is 1. The highest BCUT2D eigenvalue weighted by Crippen LogP contribution is 2.23. The van der Waals surface area contributed by atoms with Gasteiger partial charge in [0.1, 0.15) is 0 Å². The Morgan fingerprint density at radius 1 is 1.15 bits per heavy atom. The van der Waals surface area contributed by atoms with Gasteiger partial charge in [-0.15, -0.1) is 0 Å². The molecule has 0 fully saturated rings. The molecule has 4 nitrogen and oxygen atoms in total. The van der Waals surface area contributed by atoms with Gasteiger partial charge in [-0.2, -0.15) is 0 Å². The van der Waals surface area contributed by atoms with Crippen molar-refractivity contribution in [3.8, 4) is 11.5 Å². The molecule has 5 heteroatoms. The van der Waals surface area contributed by atoms with Crippen LogP contribution < -0.4 is 10.1 Å². The van der Waals surface area contributed by atoms with E-state index >= 15 is 0 Å². The molecule has 0 saturated heterocycles. The highest BCUT2D eigenvalue weighted by Gasteiger charge is 2.05. The van der Waals surface area contributed by atoms with Gasteiger partial charge in [0.2, 0.25) is 0 Å². The first-order valence-corrected chi connectivity index (χ1v) is 6.45. The SMILES string of the molecule is O=C(COc1ccccc1O)NCc1ccc(Cl)cc1. The molecule has 0 saturated carbocycles. The van der Waals surface area contributed by atoms with Crippen LogP contribution in [0, 0.1) is 0 Å². The van der Waals surface area contributed by atoms with Gasteiger partial charge in [-0.05, 0) is 29.8 Å². The topological polar surface area (TPSA) is 58.6 Å². The first-order valence-electron chi connectivity index (χ1n) is 6.07. The molecule has 2 aromatic rings. The summed E-state index contributed by atoms with van der Waals surface area (Å²) in [6.45, 7) is 0.255. The zero-order chi connectivity index (χ0) is 14.4. The van der Waals surface area contributed by atoms with Crippen molar-refractivity contribution in [2.75, 3.05) is 6.61 Å². The standard InChI is InChI=1S/C15H14ClNO3/c16-12-7-5-11(6-8-12)9-17-15(19)10-20-14-4-2-1-3-13(14)18/h1-8,18H,9-10H2,(H,17,19). The van der Waals surface area contributed by atoms with Crippen molar-refractivity contribution in [3.63, 3.8) is 0 Å². The van der Waals surface area contributed by atoms with E-state index in [2.05, 4.69) is 5.32 Å². The molecule has 2 aromatic carbocycles. The maximum absolute atomic E-state index is 11.6. The van der Waals surface area contributed by atoms with Crippen LogP contribution in [-0.4, -0.2) is 17.6 Å². The summed E-state index contributed by atoms with van der Waals surface area (Å²) in [7, 11) is 0. The Hall–Kier alpha value is -2.20. The van der Waals surface area contributed by atoms with E-state index in [1.807, 2.05) is 12.1 Å². The number of phenolic OH excluding ortho intramolecular Hbond substituents is 1. The molecular formula is C15H14ClNO3. The maximum atomic E-state index is 11.6. The summed E-state index contributed by atoms with van der Waals surface area (Å²) in [6, 6.07) is 13.7. The number of carbonyl (C=O) groups is 1. The Kier molecular flexibility index (Phi) is 4.85. The average molecular weight is 292 g/mol. The number of hydrogen-bond acceptors (Lipinski definition) is 3. The van der Waals surface area contributed by atoms with E-state index in [0.29, 0.717) is 11.6 Å². The number of amides is 1. The number of aromatic hydroxyl groups is 1. The van der Waals surface area contributed by atoms with Crippen LogP contribution in [0.4, 0.5) is 0 Å². The van der Waals surface area contributed by atoms with E-state index < -0.39 is 0 Å². The lowest BCUT2D eigenvalue weighted by atomic mass is 10.2. The normalized spacial score (nSPS) is 10.1. The van der Waals surface area contributed by atoms with Gasteiger partial charge in [0.25, 0.3) is 5.91 Å². The summed E-state index contributed by atoms with van der Waals surface area (Å²) in [5.74, 6) is 0.0374. The Morgan fingerprint density at radius 3 is 2.55 bits per heavy atom. The molecule has 20 heavy (non-hydrogen) atoms. The number of ether oxygens (including phenoxy) is 1. The Bertz CT molecular complexity index is 584. The summed E-state index contributed by atoms with van der Waals surface area (Å²) in [5, 5.41) is 12.9. The van der Waals surface area contributed by atoms with Crippen LogP contribution >= 0.6 is 11.6 Å². The second-order valence-electron chi connectivity index (χ2n) is 4.16. The molecule has 0 unspecified atom stereocenters. The van der Waals surface area contributed by atoms with Gasteiger partial charge in [0.05, 0.1) is 0 Å². The molecule has 0 aromatic heterocycles. The largest absolute Gasteiger partial charge is 0.504 e. The van der Waals surface area contributed by atoms with E-state index in [0.717, 1.165) is 5.56 Å². The monoisotopic (exact) mass is 291 g/mol. The van der Waals surface area contributed by atoms with Gasteiger partial charge < -0.3 is 15.2 Å². The summed E-state index contributed by atoms with van der Waals surface area (Å²) in [5.41, 5.74) is 0.949. The number of carbonyl (C=O) groups excluding carboxylic acids is 1. The second kappa shape index (κ2) is 6.82. The molecule has 0 radical (unpaired) electrons. The fourth-order valence-electron chi connectivity index (χ4n) is 1.58. The number of benzene rings is 2. The Morgan fingerprint density at radius 2 is 1.85 bits per heavy atom. The van der Waals surface area contributed by atoms with Crippen molar-refractivity contribution in [2.45, 2.75) is 6.54 Å². The first-order chi connectivity index (χ1) is 9.65. The van der Waals surface area contributed by atoms with Gasteiger partial charge >= 0.3 is 0 Å². The van der Waals surface area contributed by atoms with E-state index in [4.69, 9.17) is 16.3 Å². The van der Waals surface area contributed by atoms with Gasteiger partial charge in [0.15, 0.2) is 18.1 Å². The third kappa shape index (κ3) is 4.17. The van der Waals surface area contributed by atoms with Crippen LogP contribution in [0.3, 0.4) is 0 Å². The van der Waals surface area contributed by atoms with Crippen molar-refractivity contribution in [1.29, 1.82) is 0 Å². The van der Waals surface area contributed by atoms with Gasteiger partial charge in [-0.1, -0.05) is 35.9 Å². The lowest BCUT2D eigenvalue weighted by molar-refractivity contribution is -0.123. The molecule has 2 N–H and O–H groups in total. The van der Waals surface area contributed by atoms with Gasteiger partial charge in [-0.25, -0.2) is 0 Å². The number of hydrogen-bond donors (Lipinski definition) is 2. The maximum Gasteiger partial charge on any atom is 0.258 e. The first kappa shape index (κ1) is 14.2. The fourth-order valence-corrected chi connectivity index (χ4v) is 1.70. The van der Waals surface area contributed by atoms with Crippen molar-refractivity contribution >= 4 is 17.5 Å². The third-order valence-corrected chi connectivity index (χ3v) is 2.88. The van der Waals surface area contributed by atoms with Crippen molar-refractivity contribution in [2.24, 2.45) is 0 Å². The molecular weight excluding hydrogens is 278 g/mol. The quantitative estimate of drug-likeness (QED) is 0.890. The molecule has 104 valence electrons. The number of para-hydroxylation sites is 2. The molecule has 0 aliphatic carbocycles. The molecule has 0 aliphatic heterocycles. The van der Waals surface area contributed by atoms with Crippen LogP contribution in [0.2, 0.25) is 5.02 Å². The van der Waals surface area contributed by atoms with Crippen LogP contribution in [0.1, 0.15) is 5.56 Å². The molecule has 0 atom stereocenters. The Balaban J connectivity index is 1.78. The van der Waals surface area contributed by atoms with Crippen molar-refractivity contribution in [1.82, 2.24) is 5.32 Å². The minimum Gasteiger partial charge on any atom is -0.504 e. The zero-order valence-electron chi connectivity index (χ0n) is 10.7. The van der Waals surface area contributed by atoms with E-state index in [9.17, 15) is 9.90 Å². The summed E-state index contributed by atoms with van der Waals surface area (Å²) >= 11 is 5.78. The van der Waals surface area contributed by atoms with Crippen LogP contribution in [0.15, 0.2) is 48.5 Å². The lowest BCUT2D eigenvalue weighted by Crippen LogP contribution is -2.28. The Labute approximate surface area is 122 Å². The zero-order valence-corrected chi connectivity index (χ0v) is 11.4. The molecule has 0 heterocycles. The van der Waals surface area contributed by atoms with Gasteiger partial charge in [-0.3, -0.25) is 4.79 Å². The molecule has 0 spiro atoms. The van der Waals surface area contributed by atoms with Crippen molar-refractivity contribution in [3.05, 3.63) is 59.1 Å². The van der Waals surface area contributed by atoms with Gasteiger partial charge in [0, 0.05) is 11.6 Å². The molecule has 2 rings (SSSR count). The lowest BCUT2D eigenvalue weighted by Gasteiger charge is -2.08. The van der Waals surface area contributed by atoms with Crippen molar-refractivity contribution < 1.29 is 14.6 Å². The highest BCUT2D eigenvalue weighted by molar-refractivity contribution is 6.30. The molecule has 0 aliphatic rings. The molecule has 1 amide bonds. The highest BCUT2D eigenvalue weighted by atomic mass is 35.5. The number of rotatable bonds is 5. The second-order valence-corrected chi connectivity index (χ2v) is 4.60. The summed E-state index contributed by atoms with van der Waals surface area (Å²) in [4.78, 5) is 11.6.